The molecule has 2 aromatic heterocycles. The van der Waals surface area contributed by atoms with Crippen molar-refractivity contribution in [3.8, 4) is 0 Å². The molecular weight excluding hydrogens is 316 g/mol. The van der Waals surface area contributed by atoms with Gasteiger partial charge < -0.3 is 19.6 Å². The Balaban J connectivity index is 1.79. The van der Waals surface area contributed by atoms with Crippen molar-refractivity contribution in [2.75, 3.05) is 13.7 Å². The van der Waals surface area contributed by atoms with Crippen molar-refractivity contribution < 1.29 is 9.53 Å². The minimum Gasteiger partial charge on any atom is -0.383 e. The van der Waals surface area contributed by atoms with Gasteiger partial charge in [0.05, 0.1) is 25.2 Å². The van der Waals surface area contributed by atoms with Gasteiger partial charge in [-0.1, -0.05) is 12.1 Å². The van der Waals surface area contributed by atoms with Crippen LogP contribution in [0.4, 0.5) is 0 Å². The summed E-state index contributed by atoms with van der Waals surface area (Å²) in [5.41, 5.74) is 5.91. The number of carbonyl (C=O) groups is 1. The molecule has 0 aliphatic rings. The molecule has 0 bridgehead atoms. The Bertz CT molecular complexity index is 908. The Morgan fingerprint density at radius 2 is 2.04 bits per heavy atom. The minimum atomic E-state index is -0.105. The summed E-state index contributed by atoms with van der Waals surface area (Å²) in [6.07, 6.45) is 3.52. The summed E-state index contributed by atoms with van der Waals surface area (Å²) in [6, 6.07) is 4.16. The zero-order valence-corrected chi connectivity index (χ0v) is 15.1. The third-order valence-corrected chi connectivity index (χ3v) is 4.61. The number of imidazole rings is 1. The molecule has 3 rings (SSSR count). The second-order valence-electron chi connectivity index (χ2n) is 6.33. The van der Waals surface area contributed by atoms with Crippen LogP contribution in [0.15, 0.2) is 24.7 Å². The number of hydrogen-bond acceptors (Lipinski definition) is 3. The molecule has 6 nitrogen and oxygen atoms in total. The van der Waals surface area contributed by atoms with E-state index in [1.54, 1.807) is 19.6 Å². The molecule has 0 aliphatic carbocycles. The quantitative estimate of drug-likeness (QED) is 0.725. The highest BCUT2D eigenvalue weighted by Crippen LogP contribution is 2.27. The first-order valence-electron chi connectivity index (χ1n) is 8.37. The second kappa shape index (κ2) is 7.11. The molecule has 25 heavy (non-hydrogen) atoms. The van der Waals surface area contributed by atoms with E-state index in [1.165, 1.54) is 5.56 Å². The Kier molecular flexibility index (Phi) is 4.90. The Hall–Kier alpha value is -2.60. The molecule has 6 heteroatoms. The van der Waals surface area contributed by atoms with Gasteiger partial charge >= 0.3 is 0 Å². The van der Waals surface area contributed by atoms with Crippen LogP contribution >= 0.6 is 0 Å². The van der Waals surface area contributed by atoms with Gasteiger partial charge in [0.2, 0.25) is 0 Å². The summed E-state index contributed by atoms with van der Waals surface area (Å²) in [5, 5.41) is 4.12. The lowest BCUT2D eigenvalue weighted by molar-refractivity contribution is 0.0945. The summed E-state index contributed by atoms with van der Waals surface area (Å²) in [5.74, 6) is -0.105. The highest BCUT2D eigenvalue weighted by Gasteiger charge is 2.17. The number of H-pyrrole nitrogens is 1. The molecule has 1 amide bonds. The number of methoxy groups -OCH3 is 1. The number of rotatable bonds is 6. The highest BCUT2D eigenvalue weighted by molar-refractivity contribution is 6.02. The second-order valence-corrected chi connectivity index (χ2v) is 6.33. The first-order chi connectivity index (χ1) is 12.0. The van der Waals surface area contributed by atoms with Crippen molar-refractivity contribution in [1.82, 2.24) is 19.9 Å². The van der Waals surface area contributed by atoms with Gasteiger partial charge in [0.15, 0.2) is 0 Å². The number of nitrogens with zero attached hydrogens (tertiary/aromatic N) is 2. The molecule has 2 N–H and O–H groups in total. The van der Waals surface area contributed by atoms with Gasteiger partial charge in [-0.3, -0.25) is 4.79 Å². The predicted molar refractivity (Wildman–Crippen MR) is 97.8 cm³/mol. The monoisotopic (exact) mass is 340 g/mol. The van der Waals surface area contributed by atoms with Crippen molar-refractivity contribution in [2.24, 2.45) is 0 Å². The minimum absolute atomic E-state index is 0.105. The van der Waals surface area contributed by atoms with Crippen LogP contribution < -0.4 is 5.32 Å². The molecule has 2 heterocycles. The van der Waals surface area contributed by atoms with Crippen molar-refractivity contribution in [2.45, 2.75) is 33.9 Å². The standard InChI is InChI=1S/C19H24N4O2/c1-12-5-6-13(2)17-16(12)14(3)18(22-17)19(24)21-10-15-9-20-11-23(15)7-8-25-4/h5-6,9,11,22H,7-8,10H2,1-4H3,(H,21,24). The number of amides is 1. The summed E-state index contributed by atoms with van der Waals surface area (Å²) in [6.45, 7) is 7.85. The van der Waals surface area contributed by atoms with Gasteiger partial charge in [0, 0.05) is 30.8 Å². The molecule has 0 spiro atoms. The topological polar surface area (TPSA) is 71.9 Å². The van der Waals surface area contributed by atoms with Crippen molar-refractivity contribution >= 4 is 16.8 Å². The number of nitrogens with one attached hydrogen (secondary N) is 2. The average molecular weight is 340 g/mol. The maximum Gasteiger partial charge on any atom is 0.268 e. The molecule has 3 aromatic rings. The fraction of sp³-hybridized carbons (Fsp3) is 0.368. The first-order valence-corrected chi connectivity index (χ1v) is 8.37. The van der Waals surface area contributed by atoms with Crippen LogP contribution in [0.25, 0.3) is 10.9 Å². The van der Waals surface area contributed by atoms with Crippen molar-refractivity contribution in [3.05, 3.63) is 52.7 Å². The Morgan fingerprint density at radius 1 is 1.28 bits per heavy atom. The van der Waals surface area contributed by atoms with Crippen LogP contribution in [0.5, 0.6) is 0 Å². The van der Waals surface area contributed by atoms with Crippen LogP contribution in [0.2, 0.25) is 0 Å². The van der Waals surface area contributed by atoms with Gasteiger partial charge in [-0.05, 0) is 37.5 Å². The number of hydrogen-bond donors (Lipinski definition) is 2. The van der Waals surface area contributed by atoms with Gasteiger partial charge in [-0.25, -0.2) is 4.98 Å². The molecule has 0 saturated heterocycles. The van der Waals surface area contributed by atoms with E-state index in [0.29, 0.717) is 25.4 Å². The molecular formula is C19H24N4O2. The number of benzene rings is 1. The molecule has 0 aliphatic heterocycles. The maximum absolute atomic E-state index is 12.7. The van der Waals surface area contributed by atoms with Crippen LogP contribution in [0.3, 0.4) is 0 Å². The number of aromatic amines is 1. The summed E-state index contributed by atoms with van der Waals surface area (Å²) < 4.78 is 7.08. The van der Waals surface area contributed by atoms with Crippen molar-refractivity contribution in [3.63, 3.8) is 0 Å². The number of carbonyl (C=O) groups excluding carboxylic acids is 1. The molecule has 0 radical (unpaired) electrons. The average Bonchev–Trinajstić information content (AvgIpc) is 3.19. The van der Waals surface area contributed by atoms with Crippen LogP contribution in [-0.4, -0.2) is 34.2 Å². The lowest BCUT2D eigenvalue weighted by Gasteiger charge is -2.09. The lowest BCUT2D eigenvalue weighted by atomic mass is 10.0. The normalized spacial score (nSPS) is 11.2. The smallest absolute Gasteiger partial charge is 0.268 e. The number of fused-ring (bicyclic) bond motifs is 1. The Morgan fingerprint density at radius 3 is 2.76 bits per heavy atom. The largest absolute Gasteiger partial charge is 0.383 e. The number of ether oxygens (including phenoxy) is 1. The summed E-state index contributed by atoms with van der Waals surface area (Å²) >= 11 is 0. The lowest BCUT2D eigenvalue weighted by Crippen LogP contribution is -2.25. The van der Waals surface area contributed by atoms with Gasteiger partial charge in [-0.15, -0.1) is 0 Å². The molecule has 0 atom stereocenters. The summed E-state index contributed by atoms with van der Waals surface area (Å²) in [7, 11) is 1.67. The fourth-order valence-electron chi connectivity index (χ4n) is 3.17. The van der Waals surface area contributed by atoms with Crippen LogP contribution in [0.1, 0.15) is 32.9 Å². The highest BCUT2D eigenvalue weighted by atomic mass is 16.5. The fourth-order valence-corrected chi connectivity index (χ4v) is 3.17. The van der Waals surface area contributed by atoms with Gasteiger partial charge in [-0.2, -0.15) is 0 Å². The van der Waals surface area contributed by atoms with E-state index in [9.17, 15) is 4.79 Å². The molecule has 132 valence electrons. The van der Waals surface area contributed by atoms with Crippen LogP contribution in [-0.2, 0) is 17.8 Å². The molecule has 0 saturated carbocycles. The van der Waals surface area contributed by atoms with E-state index in [-0.39, 0.29) is 5.91 Å². The van der Waals surface area contributed by atoms with E-state index in [0.717, 1.165) is 27.7 Å². The molecule has 1 aromatic carbocycles. The zero-order chi connectivity index (χ0) is 18.0. The van der Waals surface area contributed by atoms with E-state index in [4.69, 9.17) is 4.74 Å². The third kappa shape index (κ3) is 3.30. The van der Waals surface area contributed by atoms with Crippen LogP contribution in [0, 0.1) is 20.8 Å². The SMILES string of the molecule is COCCn1cncc1CNC(=O)c1[nH]c2c(C)ccc(C)c2c1C. The first kappa shape index (κ1) is 17.2. The summed E-state index contributed by atoms with van der Waals surface area (Å²) in [4.78, 5) is 20.1. The molecule has 0 fully saturated rings. The van der Waals surface area contributed by atoms with E-state index in [1.807, 2.05) is 18.4 Å². The molecule has 0 unspecified atom stereocenters. The number of aromatic nitrogens is 3. The van der Waals surface area contributed by atoms with Gasteiger partial charge in [0.1, 0.15) is 5.69 Å². The zero-order valence-electron chi connectivity index (χ0n) is 15.1. The van der Waals surface area contributed by atoms with E-state index < -0.39 is 0 Å². The maximum atomic E-state index is 12.7. The van der Waals surface area contributed by atoms with Gasteiger partial charge in [0.25, 0.3) is 5.91 Å². The Labute approximate surface area is 147 Å². The third-order valence-electron chi connectivity index (χ3n) is 4.61. The predicted octanol–water partition coefficient (Wildman–Crippen LogP) is 2.87. The number of aryl methyl sites for hydroxylation is 3. The van der Waals surface area contributed by atoms with Crippen molar-refractivity contribution in [1.29, 1.82) is 0 Å². The van der Waals surface area contributed by atoms with E-state index in [2.05, 4.69) is 34.3 Å². The van der Waals surface area contributed by atoms with E-state index >= 15 is 0 Å².